The summed E-state index contributed by atoms with van der Waals surface area (Å²) in [6.45, 7) is 5.47. The molecule has 10 heteroatoms. The molecule has 1 amide bonds. The number of nitrogens with zero attached hydrogens (tertiary/aromatic N) is 2. The van der Waals surface area contributed by atoms with Crippen molar-refractivity contribution in [1.82, 2.24) is 14.3 Å². The van der Waals surface area contributed by atoms with Crippen molar-refractivity contribution < 1.29 is 27.5 Å². The normalized spacial score (nSPS) is 12.1. The van der Waals surface area contributed by atoms with E-state index in [1.165, 1.54) is 12.1 Å². The molecule has 1 heterocycles. The number of rotatable bonds is 10. The van der Waals surface area contributed by atoms with Gasteiger partial charge in [-0.3, -0.25) is 0 Å². The van der Waals surface area contributed by atoms with Gasteiger partial charge >= 0.3 is 12.1 Å². The first-order valence-electron chi connectivity index (χ1n) is 12.7. The van der Waals surface area contributed by atoms with Gasteiger partial charge in [-0.2, -0.15) is 0 Å². The average molecular weight is 562 g/mol. The highest BCUT2D eigenvalue weighted by Crippen LogP contribution is 2.26. The molecule has 0 aliphatic carbocycles. The zero-order chi connectivity index (χ0) is 28.7. The molecule has 1 aromatic heterocycles. The minimum atomic E-state index is -4.18. The number of benzene rings is 3. The molecule has 208 valence electrons. The van der Waals surface area contributed by atoms with Crippen molar-refractivity contribution in [3.8, 4) is 0 Å². The Morgan fingerprint density at radius 2 is 1.40 bits per heavy atom. The van der Waals surface area contributed by atoms with Crippen LogP contribution in [-0.2, 0) is 32.7 Å². The van der Waals surface area contributed by atoms with Crippen LogP contribution in [0.5, 0.6) is 0 Å². The predicted octanol–water partition coefficient (Wildman–Crippen LogP) is 5.41. The highest BCUT2D eigenvalue weighted by Gasteiger charge is 2.32. The van der Waals surface area contributed by atoms with Crippen LogP contribution in [0.25, 0.3) is 0 Å². The van der Waals surface area contributed by atoms with E-state index in [0.717, 1.165) is 26.9 Å². The molecule has 0 aliphatic rings. The van der Waals surface area contributed by atoms with E-state index in [1.54, 1.807) is 38.1 Å². The zero-order valence-electron chi connectivity index (χ0n) is 22.5. The van der Waals surface area contributed by atoms with Crippen LogP contribution in [0.2, 0.25) is 0 Å². The molecule has 3 aromatic carbocycles. The lowest BCUT2D eigenvalue weighted by molar-refractivity contribution is 0.0466. The van der Waals surface area contributed by atoms with Crippen molar-refractivity contribution in [2.45, 2.75) is 44.9 Å². The van der Waals surface area contributed by atoms with Crippen molar-refractivity contribution in [3.05, 3.63) is 119 Å². The van der Waals surface area contributed by atoms with E-state index in [9.17, 15) is 18.0 Å². The quantitative estimate of drug-likeness (QED) is 0.257. The summed E-state index contributed by atoms with van der Waals surface area (Å²) in [5, 5.41) is 2.73. The first-order chi connectivity index (χ1) is 19.1. The maximum atomic E-state index is 13.7. The summed E-state index contributed by atoms with van der Waals surface area (Å²) in [7, 11) is -4.18. The van der Waals surface area contributed by atoms with E-state index in [1.807, 2.05) is 55.5 Å². The van der Waals surface area contributed by atoms with Gasteiger partial charge in [0.25, 0.3) is 10.0 Å². The molecule has 0 saturated carbocycles. The van der Waals surface area contributed by atoms with Gasteiger partial charge in [-0.25, -0.2) is 27.0 Å². The molecule has 0 saturated heterocycles. The number of imidazole rings is 1. The summed E-state index contributed by atoms with van der Waals surface area (Å²) < 4.78 is 39.2. The second-order valence-corrected chi connectivity index (χ2v) is 11.4. The summed E-state index contributed by atoms with van der Waals surface area (Å²) in [5.74, 6) is -1.15. The number of aryl methyl sites for hydroxylation is 1. The van der Waals surface area contributed by atoms with Crippen LogP contribution in [-0.4, -0.2) is 29.4 Å². The summed E-state index contributed by atoms with van der Waals surface area (Å²) >= 11 is 0. The molecule has 0 unspecified atom stereocenters. The van der Waals surface area contributed by atoms with Gasteiger partial charge in [-0.15, -0.1) is 0 Å². The van der Waals surface area contributed by atoms with Gasteiger partial charge in [0.2, 0.25) is 0 Å². The zero-order valence-corrected chi connectivity index (χ0v) is 23.3. The Hall–Kier alpha value is -4.44. The summed E-state index contributed by atoms with van der Waals surface area (Å²) in [4.78, 5) is 30.1. The molecule has 9 nitrogen and oxygen atoms in total. The number of ether oxygens (including phenoxy) is 2. The molecule has 4 rings (SSSR count). The van der Waals surface area contributed by atoms with Crippen molar-refractivity contribution in [1.29, 1.82) is 0 Å². The Labute approximate surface area is 233 Å². The Morgan fingerprint density at radius 1 is 0.850 bits per heavy atom. The van der Waals surface area contributed by atoms with Crippen LogP contribution in [0.1, 0.15) is 52.9 Å². The van der Waals surface area contributed by atoms with E-state index in [4.69, 9.17) is 9.47 Å². The third-order valence-electron chi connectivity index (χ3n) is 6.13. The van der Waals surface area contributed by atoms with Crippen LogP contribution in [0.4, 0.5) is 4.79 Å². The number of carbonyl (C=O) groups is 2. The maximum absolute atomic E-state index is 13.7. The average Bonchev–Trinajstić information content (AvgIpc) is 3.41. The van der Waals surface area contributed by atoms with Gasteiger partial charge in [0, 0.05) is 0 Å². The molecular formula is C30H31N3O6S. The van der Waals surface area contributed by atoms with Crippen molar-refractivity contribution >= 4 is 22.1 Å². The van der Waals surface area contributed by atoms with E-state index in [-0.39, 0.29) is 35.5 Å². The first kappa shape index (κ1) is 28.6. The smallest absolute Gasteiger partial charge is 0.408 e. The van der Waals surface area contributed by atoms with E-state index < -0.39 is 28.1 Å². The Morgan fingerprint density at radius 3 is 1.95 bits per heavy atom. The summed E-state index contributed by atoms with van der Waals surface area (Å²) in [6, 6.07) is 23.7. The number of hydrogen-bond acceptors (Lipinski definition) is 7. The molecule has 0 aliphatic heterocycles. The molecule has 0 bridgehead atoms. The third kappa shape index (κ3) is 6.95. The minimum Gasteiger partial charge on any atom is -0.456 e. The number of nitrogens with one attached hydrogen (secondary N) is 1. The highest BCUT2D eigenvalue weighted by atomic mass is 32.2. The lowest BCUT2D eigenvalue weighted by Crippen LogP contribution is -2.35. The van der Waals surface area contributed by atoms with Crippen molar-refractivity contribution in [2.24, 2.45) is 5.92 Å². The Kier molecular flexibility index (Phi) is 9.00. The number of alkyl carbamates (subject to hydrolysis) is 1. The molecule has 4 aromatic rings. The van der Waals surface area contributed by atoms with E-state index >= 15 is 0 Å². The number of esters is 1. The molecule has 1 atom stereocenters. The SMILES string of the molecule is Cc1ccc(S(=O)(=O)n2cc(C(=O)OCc3ccccc3)nc2[C@@H](NC(=O)OCc2ccccc2)C(C)C)cc1. The second kappa shape index (κ2) is 12.6. The van der Waals surface area contributed by atoms with Crippen molar-refractivity contribution in [3.63, 3.8) is 0 Å². The van der Waals surface area contributed by atoms with Crippen LogP contribution in [0, 0.1) is 12.8 Å². The second-order valence-electron chi connectivity index (χ2n) is 9.59. The van der Waals surface area contributed by atoms with Gasteiger partial charge in [-0.05, 0) is 36.1 Å². The van der Waals surface area contributed by atoms with Crippen LogP contribution in [0.15, 0.2) is 96.0 Å². The number of amides is 1. The fourth-order valence-corrected chi connectivity index (χ4v) is 5.26. The molecule has 0 fully saturated rings. The lowest BCUT2D eigenvalue weighted by Gasteiger charge is -2.22. The van der Waals surface area contributed by atoms with E-state index in [0.29, 0.717) is 0 Å². The molecule has 1 N–H and O–H groups in total. The molecule has 0 spiro atoms. The standard InChI is InChI=1S/C30H31N3O6S/c1-21(2)27(32-30(35)39-20-24-12-8-5-9-13-24)28-31-26(29(34)38-19-23-10-6-4-7-11-23)18-33(28)40(36,37)25-16-14-22(3)15-17-25/h4-18,21,27H,19-20H2,1-3H3,(H,32,35)/t27-/m0/s1. The topological polar surface area (TPSA) is 117 Å². The van der Waals surface area contributed by atoms with Crippen LogP contribution >= 0.6 is 0 Å². The van der Waals surface area contributed by atoms with Gasteiger partial charge in [-0.1, -0.05) is 92.2 Å². The third-order valence-corrected chi connectivity index (χ3v) is 7.81. The van der Waals surface area contributed by atoms with E-state index in [2.05, 4.69) is 10.3 Å². The number of carbonyl (C=O) groups excluding carboxylic acids is 2. The number of hydrogen-bond donors (Lipinski definition) is 1. The fourth-order valence-electron chi connectivity index (χ4n) is 3.92. The highest BCUT2D eigenvalue weighted by molar-refractivity contribution is 7.90. The lowest BCUT2D eigenvalue weighted by atomic mass is 10.0. The van der Waals surface area contributed by atoms with Gasteiger partial charge < -0.3 is 14.8 Å². The van der Waals surface area contributed by atoms with Gasteiger partial charge in [0.15, 0.2) is 5.69 Å². The van der Waals surface area contributed by atoms with Crippen LogP contribution in [0.3, 0.4) is 0 Å². The fraction of sp³-hybridized carbons (Fsp3) is 0.233. The van der Waals surface area contributed by atoms with Gasteiger partial charge in [0.1, 0.15) is 19.0 Å². The Balaban J connectivity index is 1.65. The maximum Gasteiger partial charge on any atom is 0.408 e. The van der Waals surface area contributed by atoms with Gasteiger partial charge in [0.05, 0.1) is 17.1 Å². The van der Waals surface area contributed by atoms with Crippen molar-refractivity contribution in [2.75, 3.05) is 0 Å². The predicted molar refractivity (Wildman–Crippen MR) is 149 cm³/mol. The van der Waals surface area contributed by atoms with Crippen LogP contribution < -0.4 is 5.32 Å². The molecule has 0 radical (unpaired) electrons. The first-order valence-corrected chi connectivity index (χ1v) is 14.2. The molecular weight excluding hydrogens is 530 g/mol. The largest absolute Gasteiger partial charge is 0.456 e. The minimum absolute atomic E-state index is 0.00936. The monoisotopic (exact) mass is 561 g/mol. The Bertz CT molecular complexity index is 1550. The summed E-state index contributed by atoms with van der Waals surface area (Å²) in [5.41, 5.74) is 2.25. The number of aromatic nitrogens is 2. The summed E-state index contributed by atoms with van der Waals surface area (Å²) in [6.07, 6.45) is 0.377. The molecule has 40 heavy (non-hydrogen) atoms.